The average Bonchev–Trinajstić information content (AvgIpc) is 3.34. The van der Waals surface area contributed by atoms with E-state index >= 15 is 0 Å². The van der Waals surface area contributed by atoms with Crippen LogP contribution in [0.3, 0.4) is 0 Å². The van der Waals surface area contributed by atoms with Crippen LogP contribution in [0, 0.1) is 0 Å². The Kier molecular flexibility index (Phi) is 16.1. The minimum Gasteiger partial charge on any atom is -0.494 e. The molecular formula is C29H44ClNO5. The van der Waals surface area contributed by atoms with Gasteiger partial charge in [-0.15, -0.1) is 0 Å². The molecule has 7 heteroatoms. The second kappa shape index (κ2) is 18.2. The van der Waals surface area contributed by atoms with Gasteiger partial charge in [-0.2, -0.15) is 0 Å². The predicted octanol–water partition coefficient (Wildman–Crippen LogP) is 6.42. The van der Waals surface area contributed by atoms with Gasteiger partial charge in [0.05, 0.1) is 24.9 Å². The van der Waals surface area contributed by atoms with Gasteiger partial charge in [-0.3, -0.25) is 4.79 Å². The van der Waals surface area contributed by atoms with Gasteiger partial charge in [0, 0.05) is 17.5 Å². The fourth-order valence-corrected chi connectivity index (χ4v) is 4.40. The van der Waals surface area contributed by atoms with Crippen molar-refractivity contribution in [3.05, 3.63) is 64.2 Å². The highest BCUT2D eigenvalue weighted by Crippen LogP contribution is 2.33. The van der Waals surface area contributed by atoms with E-state index in [1.54, 1.807) is 0 Å². The Morgan fingerprint density at radius 2 is 1.81 bits per heavy atom. The third-order valence-electron chi connectivity index (χ3n) is 5.86. The largest absolute Gasteiger partial charge is 0.494 e. The topological polar surface area (TPSA) is 88.0 Å². The molecule has 6 nitrogen and oxygen atoms in total. The normalized spacial score (nSPS) is 22.5. The van der Waals surface area contributed by atoms with E-state index in [1.165, 1.54) is 24.9 Å². The van der Waals surface area contributed by atoms with Gasteiger partial charge >= 0.3 is 0 Å². The summed E-state index contributed by atoms with van der Waals surface area (Å²) in [6.45, 7) is 11.9. The number of benzene rings is 2. The molecule has 2 fully saturated rings. The fourth-order valence-electron chi connectivity index (χ4n) is 4.21. The number of aliphatic hydroxyl groups excluding tert-OH is 1. The summed E-state index contributed by atoms with van der Waals surface area (Å²) >= 11 is 6.41. The summed E-state index contributed by atoms with van der Waals surface area (Å²) in [4.78, 5) is 8.36. The lowest BCUT2D eigenvalue weighted by atomic mass is 9.94. The van der Waals surface area contributed by atoms with E-state index in [-0.39, 0.29) is 24.8 Å². The maximum absolute atomic E-state index is 10.0. The molecule has 0 aliphatic carbocycles. The van der Waals surface area contributed by atoms with E-state index < -0.39 is 0 Å². The number of hydrogen-bond donors (Lipinski definition) is 3. The van der Waals surface area contributed by atoms with Crippen molar-refractivity contribution in [2.45, 2.75) is 91.1 Å². The van der Waals surface area contributed by atoms with Crippen molar-refractivity contribution in [2.75, 3.05) is 13.2 Å². The monoisotopic (exact) mass is 521 g/mol. The maximum atomic E-state index is 10.0. The van der Waals surface area contributed by atoms with Gasteiger partial charge in [0.2, 0.25) is 0 Å². The van der Waals surface area contributed by atoms with E-state index in [0.29, 0.717) is 19.4 Å². The Morgan fingerprint density at radius 3 is 2.31 bits per heavy atom. The minimum atomic E-state index is -0.306. The zero-order valence-electron chi connectivity index (χ0n) is 22.4. The number of rotatable bonds is 5. The number of ether oxygens (including phenoxy) is 2. The molecule has 202 valence electrons. The van der Waals surface area contributed by atoms with Gasteiger partial charge in [0.1, 0.15) is 5.75 Å². The first kappa shape index (κ1) is 31.9. The molecule has 36 heavy (non-hydrogen) atoms. The number of carboxylic acid groups (broad SMARTS) is 1. The predicted molar refractivity (Wildman–Crippen MR) is 147 cm³/mol. The Labute approximate surface area is 222 Å². The van der Waals surface area contributed by atoms with Crippen LogP contribution in [-0.2, 0) is 16.0 Å². The third-order valence-corrected chi connectivity index (χ3v) is 6.23. The van der Waals surface area contributed by atoms with Crippen LogP contribution in [0.15, 0.2) is 42.5 Å². The van der Waals surface area contributed by atoms with E-state index in [4.69, 9.17) is 31.0 Å². The molecule has 2 heterocycles. The van der Waals surface area contributed by atoms with Gasteiger partial charge in [0.15, 0.2) is 0 Å². The molecule has 0 amide bonds. The molecule has 0 radical (unpaired) electrons. The first-order valence-electron chi connectivity index (χ1n) is 13.0. The summed E-state index contributed by atoms with van der Waals surface area (Å²) in [7, 11) is 0. The molecule has 2 saturated heterocycles. The zero-order valence-corrected chi connectivity index (χ0v) is 23.1. The van der Waals surface area contributed by atoms with Crippen LogP contribution in [0.1, 0.15) is 83.1 Å². The number of hydrogen-bond acceptors (Lipinski definition) is 5. The molecule has 0 bridgehead atoms. The summed E-state index contributed by atoms with van der Waals surface area (Å²) in [5.41, 5.74) is 3.33. The summed E-state index contributed by atoms with van der Waals surface area (Å²) in [6.07, 6.45) is 4.52. The molecule has 0 saturated carbocycles. The quantitative estimate of drug-likeness (QED) is 0.394. The Balaban J connectivity index is 0.000000494. The summed E-state index contributed by atoms with van der Waals surface area (Å²) in [5.74, 6) is 0.879. The Hall–Kier alpha value is -2.12. The van der Waals surface area contributed by atoms with Gasteiger partial charge in [-0.1, -0.05) is 49.7 Å². The minimum absolute atomic E-state index is 0.0685. The second-order valence-electron chi connectivity index (χ2n) is 8.77. The first-order valence-corrected chi connectivity index (χ1v) is 13.4. The van der Waals surface area contributed by atoms with Gasteiger partial charge in [-0.05, 0) is 87.9 Å². The summed E-state index contributed by atoms with van der Waals surface area (Å²) in [6, 6.07) is 14.9. The van der Waals surface area contributed by atoms with Crippen molar-refractivity contribution in [1.29, 1.82) is 0 Å². The lowest BCUT2D eigenvalue weighted by Gasteiger charge is -2.31. The zero-order chi connectivity index (χ0) is 26.9. The first-order chi connectivity index (χ1) is 17.4. The SMILES string of the molecule is CC.CCOc1ccc(Cc2cc([C@H]3C[C@@H](O)C[C@@H](C)O3)ccc2Cl)cc1.C[C@@H]1CCCN1.O=CO. The van der Waals surface area contributed by atoms with E-state index in [9.17, 15) is 5.11 Å². The number of aliphatic hydroxyl groups is 1. The molecule has 2 aliphatic heterocycles. The van der Waals surface area contributed by atoms with Crippen molar-refractivity contribution >= 4 is 18.1 Å². The molecule has 3 N–H and O–H groups in total. The number of carbonyl (C=O) groups is 1. The van der Waals surface area contributed by atoms with Crippen LogP contribution in [0.25, 0.3) is 0 Å². The van der Waals surface area contributed by atoms with E-state index in [2.05, 4.69) is 30.4 Å². The highest BCUT2D eigenvalue weighted by Gasteiger charge is 2.27. The summed E-state index contributed by atoms with van der Waals surface area (Å²) < 4.78 is 11.5. The van der Waals surface area contributed by atoms with Gasteiger partial charge < -0.3 is 25.0 Å². The van der Waals surface area contributed by atoms with Crippen molar-refractivity contribution in [3.63, 3.8) is 0 Å². The maximum Gasteiger partial charge on any atom is 0.290 e. The van der Waals surface area contributed by atoms with Crippen LogP contribution < -0.4 is 10.1 Å². The molecule has 2 aliphatic rings. The number of nitrogens with one attached hydrogen (secondary N) is 1. The molecule has 4 atom stereocenters. The Morgan fingerprint density at radius 1 is 1.14 bits per heavy atom. The van der Waals surface area contributed by atoms with Gasteiger partial charge in [-0.25, -0.2) is 0 Å². The molecule has 4 rings (SSSR count). The average molecular weight is 522 g/mol. The van der Waals surface area contributed by atoms with Crippen LogP contribution in [0.5, 0.6) is 5.75 Å². The van der Waals surface area contributed by atoms with Crippen LogP contribution in [-0.4, -0.2) is 48.1 Å². The van der Waals surface area contributed by atoms with Crippen LogP contribution in [0.4, 0.5) is 0 Å². The van der Waals surface area contributed by atoms with Crippen molar-refractivity contribution in [3.8, 4) is 5.75 Å². The Bertz CT molecular complexity index is 845. The van der Waals surface area contributed by atoms with Crippen molar-refractivity contribution in [1.82, 2.24) is 5.32 Å². The molecule has 2 aromatic rings. The fraction of sp³-hybridized carbons (Fsp3) is 0.552. The second-order valence-corrected chi connectivity index (χ2v) is 9.18. The molecule has 0 aromatic heterocycles. The number of halogens is 1. The van der Waals surface area contributed by atoms with E-state index in [0.717, 1.165) is 34.4 Å². The van der Waals surface area contributed by atoms with Crippen LogP contribution in [0.2, 0.25) is 5.02 Å². The van der Waals surface area contributed by atoms with Crippen molar-refractivity contribution in [2.24, 2.45) is 0 Å². The van der Waals surface area contributed by atoms with Crippen LogP contribution >= 0.6 is 11.6 Å². The van der Waals surface area contributed by atoms with Gasteiger partial charge in [0.25, 0.3) is 6.47 Å². The molecule has 0 unspecified atom stereocenters. The standard InChI is InChI=1S/C21H25ClO3.C5H11N.C2H6.CH2O2/c1-3-24-19-7-4-15(5-8-19)11-17-12-16(6-9-20(17)22)21-13-18(23)10-14(2)25-21;1-5-3-2-4-6-5;1-2;2-1-3/h4-9,12,14,18,21,23H,3,10-11,13H2,1-2H3;5-6H,2-4H2,1H3;1-2H3;1H,(H,2,3)/t14-,18+,21-;5-;;/m11../s1. The third kappa shape index (κ3) is 11.7. The van der Waals surface area contributed by atoms with Crippen molar-refractivity contribution < 1.29 is 24.5 Å². The molecular weight excluding hydrogens is 478 g/mol. The smallest absolute Gasteiger partial charge is 0.290 e. The highest BCUT2D eigenvalue weighted by atomic mass is 35.5. The van der Waals surface area contributed by atoms with E-state index in [1.807, 2.05) is 52.0 Å². The lowest BCUT2D eigenvalue weighted by molar-refractivity contribution is -0.122. The highest BCUT2D eigenvalue weighted by molar-refractivity contribution is 6.31. The molecule has 0 spiro atoms. The summed E-state index contributed by atoms with van der Waals surface area (Å²) in [5, 5.41) is 21.0. The lowest BCUT2D eigenvalue weighted by Crippen LogP contribution is -2.29. The molecule has 2 aromatic carbocycles.